The molecule has 1 unspecified atom stereocenters. The molecule has 0 fully saturated rings. The predicted molar refractivity (Wildman–Crippen MR) is 95.4 cm³/mol. The Hall–Kier alpha value is -2.49. The zero-order chi connectivity index (χ0) is 16.5. The van der Waals surface area contributed by atoms with Crippen molar-refractivity contribution in [1.29, 1.82) is 0 Å². The largest absolute Gasteiger partial charge is 0.493 e. The van der Waals surface area contributed by atoms with Gasteiger partial charge in [0.25, 0.3) is 0 Å². The first kappa shape index (κ1) is 15.1. The van der Waals surface area contributed by atoms with Crippen LogP contribution in [0.2, 0.25) is 0 Å². The Kier molecular flexibility index (Phi) is 3.89. The average Bonchev–Trinajstić information content (AvgIpc) is 2.62. The van der Waals surface area contributed by atoms with Gasteiger partial charge in [0.05, 0.1) is 6.61 Å². The summed E-state index contributed by atoms with van der Waals surface area (Å²) in [7, 11) is 0. The fraction of sp³-hybridized carbons (Fsp3) is 0.350. The van der Waals surface area contributed by atoms with Gasteiger partial charge in [0, 0.05) is 24.3 Å². The SMILES string of the molecule is Nc1cccc2c1CCCN2C(=O)CC1CCOc2ccccc21. The monoisotopic (exact) mass is 322 g/mol. The van der Waals surface area contributed by atoms with Crippen LogP contribution in [0.3, 0.4) is 0 Å². The van der Waals surface area contributed by atoms with Gasteiger partial charge in [-0.15, -0.1) is 0 Å². The highest BCUT2D eigenvalue weighted by atomic mass is 16.5. The van der Waals surface area contributed by atoms with Crippen LogP contribution in [0.15, 0.2) is 42.5 Å². The van der Waals surface area contributed by atoms with E-state index in [4.69, 9.17) is 10.5 Å². The minimum atomic E-state index is 0.184. The quantitative estimate of drug-likeness (QED) is 0.861. The van der Waals surface area contributed by atoms with Crippen molar-refractivity contribution in [3.63, 3.8) is 0 Å². The highest BCUT2D eigenvalue weighted by Crippen LogP contribution is 2.37. The first-order valence-corrected chi connectivity index (χ1v) is 8.63. The van der Waals surface area contributed by atoms with Gasteiger partial charge >= 0.3 is 0 Å². The fourth-order valence-corrected chi connectivity index (χ4v) is 3.86. The van der Waals surface area contributed by atoms with E-state index in [9.17, 15) is 4.79 Å². The van der Waals surface area contributed by atoms with Crippen molar-refractivity contribution < 1.29 is 9.53 Å². The van der Waals surface area contributed by atoms with Gasteiger partial charge in [-0.25, -0.2) is 0 Å². The minimum absolute atomic E-state index is 0.184. The molecule has 4 nitrogen and oxygen atoms in total. The molecule has 24 heavy (non-hydrogen) atoms. The summed E-state index contributed by atoms with van der Waals surface area (Å²) in [6.07, 6.45) is 3.33. The topological polar surface area (TPSA) is 55.6 Å². The number of amides is 1. The number of nitrogens with zero attached hydrogens (tertiary/aromatic N) is 1. The van der Waals surface area contributed by atoms with Crippen LogP contribution in [0.1, 0.15) is 36.3 Å². The highest BCUT2D eigenvalue weighted by molar-refractivity contribution is 5.96. The summed E-state index contributed by atoms with van der Waals surface area (Å²) in [5, 5.41) is 0. The molecule has 1 amide bonds. The molecule has 4 heteroatoms. The maximum absolute atomic E-state index is 13.0. The third-order valence-electron chi connectivity index (χ3n) is 5.09. The predicted octanol–water partition coefficient (Wildman–Crippen LogP) is 3.50. The molecule has 4 rings (SSSR count). The van der Waals surface area contributed by atoms with Gasteiger partial charge in [-0.2, -0.15) is 0 Å². The van der Waals surface area contributed by atoms with Gasteiger partial charge in [-0.3, -0.25) is 4.79 Å². The van der Waals surface area contributed by atoms with E-state index in [0.717, 1.165) is 54.1 Å². The Morgan fingerprint density at radius 2 is 2.08 bits per heavy atom. The van der Waals surface area contributed by atoms with Crippen LogP contribution in [-0.2, 0) is 11.2 Å². The van der Waals surface area contributed by atoms with Gasteiger partial charge in [-0.1, -0.05) is 24.3 Å². The maximum Gasteiger partial charge on any atom is 0.227 e. The fourth-order valence-electron chi connectivity index (χ4n) is 3.86. The summed E-state index contributed by atoms with van der Waals surface area (Å²) in [6, 6.07) is 13.9. The molecule has 2 aliphatic rings. The molecule has 1 atom stereocenters. The Balaban J connectivity index is 1.58. The number of hydrogen-bond acceptors (Lipinski definition) is 3. The molecule has 2 aliphatic heterocycles. The summed E-state index contributed by atoms with van der Waals surface area (Å²) in [6.45, 7) is 1.46. The number of benzene rings is 2. The van der Waals surface area contributed by atoms with Gasteiger partial charge in [0.2, 0.25) is 5.91 Å². The van der Waals surface area contributed by atoms with E-state index >= 15 is 0 Å². The average molecular weight is 322 g/mol. The van der Waals surface area contributed by atoms with Crippen molar-refractivity contribution in [2.24, 2.45) is 0 Å². The van der Waals surface area contributed by atoms with Crippen molar-refractivity contribution in [2.45, 2.75) is 31.6 Å². The highest BCUT2D eigenvalue weighted by Gasteiger charge is 2.28. The Bertz CT molecular complexity index is 772. The van der Waals surface area contributed by atoms with E-state index in [1.54, 1.807) is 0 Å². The lowest BCUT2D eigenvalue weighted by molar-refractivity contribution is -0.119. The summed E-state index contributed by atoms with van der Waals surface area (Å²) >= 11 is 0. The van der Waals surface area contributed by atoms with Crippen molar-refractivity contribution >= 4 is 17.3 Å². The van der Waals surface area contributed by atoms with E-state index in [-0.39, 0.29) is 11.8 Å². The van der Waals surface area contributed by atoms with E-state index in [1.165, 1.54) is 0 Å². The summed E-state index contributed by atoms with van der Waals surface area (Å²) in [5.74, 6) is 1.34. The second kappa shape index (κ2) is 6.19. The molecule has 2 heterocycles. The van der Waals surface area contributed by atoms with Crippen LogP contribution in [-0.4, -0.2) is 19.1 Å². The van der Waals surface area contributed by atoms with Crippen LogP contribution >= 0.6 is 0 Å². The van der Waals surface area contributed by atoms with E-state index in [0.29, 0.717) is 13.0 Å². The van der Waals surface area contributed by atoms with Crippen molar-refractivity contribution in [2.75, 3.05) is 23.8 Å². The first-order chi connectivity index (χ1) is 11.7. The summed E-state index contributed by atoms with van der Waals surface area (Å²) < 4.78 is 5.71. The van der Waals surface area contributed by atoms with Crippen LogP contribution in [0.25, 0.3) is 0 Å². The lowest BCUT2D eigenvalue weighted by atomic mass is 9.89. The number of ether oxygens (including phenoxy) is 1. The lowest BCUT2D eigenvalue weighted by Gasteiger charge is -2.32. The third-order valence-corrected chi connectivity index (χ3v) is 5.09. The molecule has 0 radical (unpaired) electrons. The summed E-state index contributed by atoms with van der Waals surface area (Å²) in [5.41, 5.74) is 10.2. The van der Waals surface area contributed by atoms with E-state index in [1.807, 2.05) is 41.3 Å². The van der Waals surface area contributed by atoms with Gasteiger partial charge in [0.1, 0.15) is 5.75 Å². The number of anilines is 2. The van der Waals surface area contributed by atoms with Gasteiger partial charge < -0.3 is 15.4 Å². The minimum Gasteiger partial charge on any atom is -0.493 e. The number of carbonyl (C=O) groups excluding carboxylic acids is 1. The van der Waals surface area contributed by atoms with Gasteiger partial charge in [0.15, 0.2) is 0 Å². The summed E-state index contributed by atoms with van der Waals surface area (Å²) in [4.78, 5) is 14.9. The Morgan fingerprint density at radius 3 is 3.00 bits per heavy atom. The molecule has 0 spiro atoms. The number of carbonyl (C=O) groups is 1. The lowest BCUT2D eigenvalue weighted by Crippen LogP contribution is -2.37. The molecule has 0 bridgehead atoms. The second-order valence-electron chi connectivity index (χ2n) is 6.57. The zero-order valence-electron chi connectivity index (χ0n) is 13.7. The second-order valence-corrected chi connectivity index (χ2v) is 6.57. The first-order valence-electron chi connectivity index (χ1n) is 8.63. The molecule has 2 N–H and O–H groups in total. The Morgan fingerprint density at radius 1 is 1.21 bits per heavy atom. The van der Waals surface area contributed by atoms with Crippen molar-refractivity contribution in [3.8, 4) is 5.75 Å². The molecule has 0 saturated carbocycles. The molecule has 2 aromatic rings. The zero-order valence-corrected chi connectivity index (χ0v) is 13.7. The van der Waals surface area contributed by atoms with E-state index in [2.05, 4.69) is 6.07 Å². The van der Waals surface area contributed by atoms with E-state index < -0.39 is 0 Å². The number of rotatable bonds is 2. The molecule has 0 aromatic heterocycles. The Labute approximate surface area is 142 Å². The standard InChI is InChI=1S/C20H22N2O2/c21-17-7-3-8-18-16(17)6-4-11-22(18)20(23)13-14-10-12-24-19-9-2-1-5-15(14)19/h1-3,5,7-9,14H,4,6,10-13,21H2. The maximum atomic E-state index is 13.0. The normalized spacial score (nSPS) is 19.2. The van der Waals surface area contributed by atoms with Crippen LogP contribution in [0.4, 0.5) is 11.4 Å². The number of nitrogens with two attached hydrogens (primary N) is 1. The molecule has 0 saturated heterocycles. The van der Waals surface area contributed by atoms with Gasteiger partial charge in [-0.05, 0) is 54.5 Å². The third kappa shape index (κ3) is 2.62. The number of nitrogen functional groups attached to an aromatic ring is 1. The number of para-hydroxylation sites is 1. The number of fused-ring (bicyclic) bond motifs is 2. The van der Waals surface area contributed by atoms with Crippen LogP contribution in [0.5, 0.6) is 5.75 Å². The van der Waals surface area contributed by atoms with Crippen LogP contribution < -0.4 is 15.4 Å². The smallest absolute Gasteiger partial charge is 0.227 e. The van der Waals surface area contributed by atoms with Crippen molar-refractivity contribution in [3.05, 3.63) is 53.6 Å². The van der Waals surface area contributed by atoms with Crippen molar-refractivity contribution in [1.82, 2.24) is 0 Å². The molecule has 0 aliphatic carbocycles. The molecular formula is C20H22N2O2. The molecular weight excluding hydrogens is 300 g/mol. The molecule has 2 aromatic carbocycles. The number of hydrogen-bond donors (Lipinski definition) is 1. The van der Waals surface area contributed by atoms with Crippen LogP contribution in [0, 0.1) is 0 Å². The molecule has 124 valence electrons.